The van der Waals surface area contributed by atoms with E-state index < -0.39 is 0 Å². The Labute approximate surface area is 109 Å². The molecule has 1 heterocycles. The second kappa shape index (κ2) is 4.75. The van der Waals surface area contributed by atoms with Gasteiger partial charge in [-0.25, -0.2) is 0 Å². The number of nitrogens with zero attached hydrogens (tertiary/aromatic N) is 1. The van der Waals surface area contributed by atoms with Gasteiger partial charge in [-0.3, -0.25) is 4.79 Å². The van der Waals surface area contributed by atoms with Crippen LogP contribution in [0, 0.1) is 5.92 Å². The molecule has 1 fully saturated rings. The Kier molecular flexibility index (Phi) is 3.11. The number of Topliss-reactive ketones (excluding diaryl/α,β-unsaturated/α-hetero) is 1. The summed E-state index contributed by atoms with van der Waals surface area (Å²) in [6.07, 6.45) is 5.96. The molecule has 0 spiro atoms. The Balaban J connectivity index is 1.77. The van der Waals surface area contributed by atoms with Crippen molar-refractivity contribution in [2.45, 2.75) is 39.0 Å². The van der Waals surface area contributed by atoms with Gasteiger partial charge in [-0.2, -0.15) is 0 Å². The van der Waals surface area contributed by atoms with Crippen LogP contribution in [0.25, 0.3) is 0 Å². The van der Waals surface area contributed by atoms with Crippen LogP contribution >= 0.6 is 0 Å². The van der Waals surface area contributed by atoms with Gasteiger partial charge in [0.1, 0.15) is 5.78 Å². The van der Waals surface area contributed by atoms with E-state index in [1.54, 1.807) is 6.92 Å². The van der Waals surface area contributed by atoms with Crippen LogP contribution in [0.4, 0.5) is 5.69 Å². The zero-order valence-electron chi connectivity index (χ0n) is 11.1. The van der Waals surface area contributed by atoms with E-state index in [0.29, 0.717) is 6.42 Å². The molecule has 0 radical (unpaired) electrons. The molecule has 1 aromatic carbocycles. The highest BCUT2D eigenvalue weighted by Crippen LogP contribution is 2.34. The van der Waals surface area contributed by atoms with Gasteiger partial charge in [0, 0.05) is 25.2 Å². The molecule has 2 heteroatoms. The number of benzene rings is 1. The maximum atomic E-state index is 11.2. The topological polar surface area (TPSA) is 20.3 Å². The summed E-state index contributed by atoms with van der Waals surface area (Å²) in [6.45, 7) is 4.05. The maximum absolute atomic E-state index is 11.2. The maximum Gasteiger partial charge on any atom is 0.134 e. The minimum atomic E-state index is 0.249. The van der Waals surface area contributed by atoms with Crippen molar-refractivity contribution in [1.82, 2.24) is 0 Å². The van der Waals surface area contributed by atoms with Crippen molar-refractivity contribution in [3.8, 4) is 0 Å². The number of rotatable bonds is 4. The van der Waals surface area contributed by atoms with Crippen molar-refractivity contribution < 1.29 is 4.79 Å². The van der Waals surface area contributed by atoms with E-state index >= 15 is 0 Å². The van der Waals surface area contributed by atoms with Crippen molar-refractivity contribution in [2.75, 3.05) is 18.0 Å². The summed E-state index contributed by atoms with van der Waals surface area (Å²) < 4.78 is 0. The van der Waals surface area contributed by atoms with E-state index in [-0.39, 0.29) is 5.78 Å². The van der Waals surface area contributed by atoms with Crippen molar-refractivity contribution >= 4 is 11.5 Å². The molecule has 1 saturated carbocycles. The second-order valence-electron chi connectivity index (χ2n) is 5.83. The van der Waals surface area contributed by atoms with Gasteiger partial charge in [0.25, 0.3) is 0 Å². The first-order valence-corrected chi connectivity index (χ1v) is 7.08. The third-order valence-corrected chi connectivity index (χ3v) is 4.30. The summed E-state index contributed by atoms with van der Waals surface area (Å²) in [4.78, 5) is 13.7. The van der Waals surface area contributed by atoms with Crippen molar-refractivity contribution in [1.29, 1.82) is 0 Å². The third-order valence-electron chi connectivity index (χ3n) is 4.30. The zero-order chi connectivity index (χ0) is 12.5. The Morgan fingerprint density at radius 1 is 1.39 bits per heavy atom. The van der Waals surface area contributed by atoms with Crippen LogP contribution in [-0.4, -0.2) is 18.9 Å². The summed E-state index contributed by atoms with van der Waals surface area (Å²) in [7, 11) is 0. The number of anilines is 1. The number of carbonyl (C=O) groups is 1. The number of fused-ring (bicyclic) bond motifs is 1. The number of carbonyl (C=O) groups excluding carboxylic acids is 1. The molecule has 0 N–H and O–H groups in total. The molecule has 2 nitrogen and oxygen atoms in total. The first kappa shape index (κ1) is 11.8. The Morgan fingerprint density at radius 3 is 2.89 bits per heavy atom. The Hall–Kier alpha value is -1.31. The lowest BCUT2D eigenvalue weighted by Gasteiger charge is -2.31. The highest BCUT2D eigenvalue weighted by atomic mass is 16.1. The molecule has 0 aromatic heterocycles. The average molecular weight is 243 g/mol. The molecule has 0 atom stereocenters. The smallest absolute Gasteiger partial charge is 0.134 e. The lowest BCUT2D eigenvalue weighted by atomic mass is 9.85. The van der Waals surface area contributed by atoms with Crippen LogP contribution < -0.4 is 4.90 Å². The van der Waals surface area contributed by atoms with Crippen molar-refractivity contribution in [3.63, 3.8) is 0 Å². The van der Waals surface area contributed by atoms with E-state index in [2.05, 4.69) is 23.1 Å². The van der Waals surface area contributed by atoms with Crippen LogP contribution in [0.3, 0.4) is 0 Å². The Bertz CT molecular complexity index is 462. The molecule has 1 aliphatic heterocycles. The summed E-state index contributed by atoms with van der Waals surface area (Å²) >= 11 is 0. The van der Waals surface area contributed by atoms with E-state index in [1.165, 1.54) is 49.0 Å². The molecule has 0 bridgehead atoms. The zero-order valence-corrected chi connectivity index (χ0v) is 11.1. The van der Waals surface area contributed by atoms with Crippen LogP contribution in [0.1, 0.15) is 37.3 Å². The fourth-order valence-electron chi connectivity index (χ4n) is 3.07. The van der Waals surface area contributed by atoms with E-state index in [1.807, 2.05) is 0 Å². The molecule has 1 aliphatic carbocycles. The molecule has 0 saturated heterocycles. The summed E-state index contributed by atoms with van der Waals surface area (Å²) in [6, 6.07) is 6.57. The first-order valence-electron chi connectivity index (χ1n) is 7.08. The fourth-order valence-corrected chi connectivity index (χ4v) is 3.07. The predicted molar refractivity (Wildman–Crippen MR) is 74.1 cm³/mol. The number of hydrogen-bond acceptors (Lipinski definition) is 2. The minimum absolute atomic E-state index is 0.249. The third kappa shape index (κ3) is 2.29. The molecule has 96 valence electrons. The highest BCUT2D eigenvalue weighted by molar-refractivity contribution is 5.78. The monoisotopic (exact) mass is 243 g/mol. The standard InChI is InChI=1S/C16H21NO/c1-12(18)9-14-5-6-15-7-8-17(16(15)10-14)11-13-3-2-4-13/h5-6,10,13H,2-4,7-9,11H2,1H3. The quantitative estimate of drug-likeness (QED) is 0.810. The van der Waals surface area contributed by atoms with Crippen molar-refractivity contribution in [2.24, 2.45) is 5.92 Å². The minimum Gasteiger partial charge on any atom is -0.371 e. The molecular formula is C16H21NO. The number of ketones is 1. The van der Waals surface area contributed by atoms with Crippen molar-refractivity contribution in [3.05, 3.63) is 29.3 Å². The molecular weight excluding hydrogens is 222 g/mol. The van der Waals surface area contributed by atoms with Crippen LogP contribution in [0.15, 0.2) is 18.2 Å². The first-order chi connectivity index (χ1) is 8.72. The van der Waals surface area contributed by atoms with Gasteiger partial charge in [0.15, 0.2) is 0 Å². The van der Waals surface area contributed by atoms with E-state index in [4.69, 9.17) is 0 Å². The largest absolute Gasteiger partial charge is 0.371 e. The van der Waals surface area contributed by atoms with Crippen LogP contribution in [0.5, 0.6) is 0 Å². The lowest BCUT2D eigenvalue weighted by Crippen LogP contribution is -2.31. The SMILES string of the molecule is CC(=O)Cc1ccc2c(c1)N(CC1CCC1)CC2. The van der Waals surface area contributed by atoms with Gasteiger partial charge in [-0.05, 0) is 49.3 Å². The molecule has 1 aromatic rings. The summed E-state index contributed by atoms with van der Waals surface area (Å²) in [5.74, 6) is 1.16. The fraction of sp³-hybridized carbons (Fsp3) is 0.562. The number of hydrogen-bond donors (Lipinski definition) is 0. The van der Waals surface area contributed by atoms with Gasteiger partial charge in [0.2, 0.25) is 0 Å². The molecule has 0 unspecified atom stereocenters. The van der Waals surface area contributed by atoms with Gasteiger partial charge >= 0.3 is 0 Å². The lowest BCUT2D eigenvalue weighted by molar-refractivity contribution is -0.116. The summed E-state index contributed by atoms with van der Waals surface area (Å²) in [5.41, 5.74) is 4.02. The normalized spacial score (nSPS) is 18.6. The predicted octanol–water partition coefficient (Wildman–Crippen LogP) is 2.98. The molecule has 2 aliphatic rings. The second-order valence-corrected chi connectivity index (χ2v) is 5.83. The molecule has 3 rings (SSSR count). The summed E-state index contributed by atoms with van der Waals surface area (Å²) in [5, 5.41) is 0. The highest BCUT2D eigenvalue weighted by Gasteiger charge is 2.25. The average Bonchev–Trinajstić information content (AvgIpc) is 2.65. The molecule has 0 amide bonds. The Morgan fingerprint density at radius 2 is 2.22 bits per heavy atom. The van der Waals surface area contributed by atoms with Gasteiger partial charge in [0.05, 0.1) is 0 Å². The van der Waals surface area contributed by atoms with Gasteiger partial charge in [-0.1, -0.05) is 18.6 Å². The van der Waals surface area contributed by atoms with Gasteiger partial charge < -0.3 is 4.90 Å². The van der Waals surface area contributed by atoms with Crippen LogP contribution in [-0.2, 0) is 17.6 Å². The van der Waals surface area contributed by atoms with E-state index in [0.717, 1.165) is 12.5 Å². The molecule has 18 heavy (non-hydrogen) atoms. The van der Waals surface area contributed by atoms with Gasteiger partial charge in [-0.15, -0.1) is 0 Å². The van der Waals surface area contributed by atoms with Crippen LogP contribution in [0.2, 0.25) is 0 Å². The van der Waals surface area contributed by atoms with E-state index in [9.17, 15) is 4.79 Å².